The molecule has 0 saturated heterocycles. The van der Waals surface area contributed by atoms with Crippen molar-refractivity contribution in [1.29, 1.82) is 0 Å². The van der Waals surface area contributed by atoms with Crippen molar-refractivity contribution < 1.29 is 17.6 Å². The van der Waals surface area contributed by atoms with Gasteiger partial charge in [0.15, 0.2) is 0 Å². The van der Waals surface area contributed by atoms with E-state index in [0.29, 0.717) is 0 Å². The van der Waals surface area contributed by atoms with Crippen molar-refractivity contribution in [2.45, 2.75) is 11.4 Å². The van der Waals surface area contributed by atoms with Crippen molar-refractivity contribution in [2.24, 2.45) is 0 Å². The summed E-state index contributed by atoms with van der Waals surface area (Å²) in [5.74, 6) is -1.06. The molecule has 0 radical (unpaired) electrons. The van der Waals surface area contributed by atoms with E-state index in [1.54, 1.807) is 0 Å². The lowest BCUT2D eigenvalue weighted by molar-refractivity contribution is -0.121. The largest absolute Gasteiger partial charge is 0.351 e. The molecule has 1 N–H and O–H groups in total. The number of fused-ring (bicyclic) bond motifs is 1. The highest BCUT2D eigenvalue weighted by atomic mass is 35.7. The minimum atomic E-state index is -4.12. The van der Waals surface area contributed by atoms with E-state index in [1.165, 1.54) is 22.8 Å². The van der Waals surface area contributed by atoms with Gasteiger partial charge in [-0.15, -0.1) is 6.58 Å². The van der Waals surface area contributed by atoms with Crippen LogP contribution in [0.3, 0.4) is 0 Å². The highest BCUT2D eigenvalue weighted by Crippen LogP contribution is 2.30. The molecule has 1 amide bonds. The molecule has 0 atom stereocenters. The van der Waals surface area contributed by atoms with Crippen LogP contribution >= 0.6 is 10.7 Å². The molecule has 8 heteroatoms. The maximum Gasteiger partial charge on any atom is 0.263 e. The first kappa shape index (κ1) is 15.5. The number of carbonyl (C=O) groups excluding carboxylic acids is 1. The number of nitrogens with one attached hydrogen (secondary N) is 1. The topological polar surface area (TPSA) is 68.2 Å². The Bertz CT molecular complexity index is 814. The van der Waals surface area contributed by atoms with Gasteiger partial charge in [0.1, 0.15) is 17.3 Å². The van der Waals surface area contributed by atoms with Gasteiger partial charge in [0.2, 0.25) is 5.91 Å². The van der Waals surface area contributed by atoms with Gasteiger partial charge >= 0.3 is 0 Å². The van der Waals surface area contributed by atoms with Crippen LogP contribution in [0.5, 0.6) is 0 Å². The lowest BCUT2D eigenvalue weighted by atomic mass is 10.2. The molecule has 5 nitrogen and oxygen atoms in total. The molecule has 0 aliphatic carbocycles. The summed E-state index contributed by atoms with van der Waals surface area (Å²) in [7, 11) is 1.20. The number of nitrogens with zero attached hydrogens (tertiary/aromatic N) is 1. The fraction of sp³-hybridized carbons (Fsp3) is 0.154. The summed E-state index contributed by atoms with van der Waals surface area (Å²) in [5, 5.41) is 2.43. The molecule has 0 fully saturated rings. The number of carbonyl (C=O) groups is 1. The summed E-state index contributed by atoms with van der Waals surface area (Å²) in [6.07, 6.45) is 2.67. The van der Waals surface area contributed by atoms with E-state index in [0.717, 1.165) is 12.3 Å². The van der Waals surface area contributed by atoms with E-state index >= 15 is 0 Å². The van der Waals surface area contributed by atoms with Crippen molar-refractivity contribution in [2.75, 3.05) is 6.54 Å². The molecule has 112 valence electrons. The molecule has 0 bridgehead atoms. The zero-order valence-electron chi connectivity index (χ0n) is 10.8. The fourth-order valence-corrected chi connectivity index (χ4v) is 3.03. The van der Waals surface area contributed by atoms with Crippen molar-refractivity contribution in [3.8, 4) is 0 Å². The number of aromatic nitrogens is 1. The van der Waals surface area contributed by atoms with Crippen LogP contribution in [-0.4, -0.2) is 25.4 Å². The van der Waals surface area contributed by atoms with Crippen molar-refractivity contribution >= 4 is 36.5 Å². The summed E-state index contributed by atoms with van der Waals surface area (Å²) in [4.78, 5) is 11.4. The molecule has 1 aromatic heterocycles. The number of hydrogen-bond donors (Lipinski definition) is 1. The molecule has 1 aromatic carbocycles. The lowest BCUT2D eigenvalue weighted by Gasteiger charge is -2.05. The van der Waals surface area contributed by atoms with E-state index in [-0.39, 0.29) is 34.8 Å². The van der Waals surface area contributed by atoms with E-state index in [1.807, 2.05) is 0 Å². The van der Waals surface area contributed by atoms with Gasteiger partial charge in [0.05, 0.1) is 10.9 Å². The van der Waals surface area contributed by atoms with Gasteiger partial charge in [0.25, 0.3) is 9.05 Å². The summed E-state index contributed by atoms with van der Waals surface area (Å²) >= 11 is 0. The lowest BCUT2D eigenvalue weighted by Crippen LogP contribution is -2.27. The molecule has 0 unspecified atom stereocenters. The Kier molecular flexibility index (Phi) is 4.34. The van der Waals surface area contributed by atoms with Gasteiger partial charge in [-0.1, -0.05) is 12.1 Å². The third-order valence-electron chi connectivity index (χ3n) is 2.84. The van der Waals surface area contributed by atoms with Gasteiger partial charge < -0.3 is 9.88 Å². The second-order valence-electron chi connectivity index (χ2n) is 4.29. The van der Waals surface area contributed by atoms with Gasteiger partial charge in [-0.2, -0.15) is 0 Å². The number of amides is 1. The first-order valence-corrected chi connectivity index (χ1v) is 8.25. The SMILES string of the molecule is C=CCNC(=O)Cn1cc(S(=O)(=O)Cl)c2c(F)cccc21. The summed E-state index contributed by atoms with van der Waals surface area (Å²) in [6.45, 7) is 3.60. The first-order valence-electron chi connectivity index (χ1n) is 5.94. The van der Waals surface area contributed by atoms with Gasteiger partial charge in [-0.3, -0.25) is 4.79 Å². The molecule has 0 spiro atoms. The highest BCUT2D eigenvalue weighted by molar-refractivity contribution is 8.14. The molecule has 21 heavy (non-hydrogen) atoms. The molecule has 2 aromatic rings. The molecular weight excluding hydrogens is 319 g/mol. The monoisotopic (exact) mass is 330 g/mol. The smallest absolute Gasteiger partial charge is 0.263 e. The minimum Gasteiger partial charge on any atom is -0.351 e. The molecule has 0 aliphatic heterocycles. The van der Waals surface area contributed by atoms with Crippen molar-refractivity contribution in [3.05, 3.63) is 42.9 Å². The number of benzene rings is 1. The van der Waals surface area contributed by atoms with Gasteiger partial charge in [-0.25, -0.2) is 12.8 Å². The Morgan fingerprint density at radius 3 is 2.81 bits per heavy atom. The normalized spacial score (nSPS) is 11.5. The van der Waals surface area contributed by atoms with Crippen LogP contribution in [0.15, 0.2) is 41.9 Å². The highest BCUT2D eigenvalue weighted by Gasteiger charge is 2.22. The fourth-order valence-electron chi connectivity index (χ4n) is 1.98. The average molecular weight is 331 g/mol. The van der Waals surface area contributed by atoms with Crippen molar-refractivity contribution in [3.63, 3.8) is 0 Å². The maximum atomic E-state index is 13.9. The Morgan fingerprint density at radius 2 is 2.19 bits per heavy atom. The van der Waals surface area contributed by atoms with E-state index in [4.69, 9.17) is 10.7 Å². The standard InChI is InChI=1S/C13H12ClFN2O3S/c1-2-6-16-12(18)8-17-7-11(21(14,19)20)13-9(15)4-3-5-10(13)17/h2-5,7H,1,6,8H2,(H,16,18). The van der Waals surface area contributed by atoms with Crippen LogP contribution in [0.2, 0.25) is 0 Å². The molecule has 0 aliphatic rings. The molecule has 2 rings (SSSR count). The summed E-state index contributed by atoms with van der Waals surface area (Å²) in [6, 6.07) is 4.08. The quantitative estimate of drug-likeness (QED) is 0.673. The van der Waals surface area contributed by atoms with E-state index in [2.05, 4.69) is 11.9 Å². The molecular formula is C13H12ClFN2O3S. The van der Waals surface area contributed by atoms with E-state index < -0.39 is 14.9 Å². The van der Waals surface area contributed by atoms with Crippen LogP contribution in [0.1, 0.15) is 0 Å². The maximum absolute atomic E-state index is 13.9. The van der Waals surface area contributed by atoms with Crippen LogP contribution < -0.4 is 5.32 Å². The molecule has 0 saturated carbocycles. The van der Waals surface area contributed by atoms with Crippen LogP contribution in [-0.2, 0) is 20.4 Å². The third kappa shape index (κ3) is 3.25. The second-order valence-corrected chi connectivity index (χ2v) is 6.82. The second kappa shape index (κ2) is 5.87. The number of hydrogen-bond acceptors (Lipinski definition) is 3. The summed E-state index contributed by atoms with van der Waals surface area (Å²) in [5.41, 5.74) is 0.281. The Hall–Kier alpha value is -1.86. The van der Waals surface area contributed by atoms with Crippen LogP contribution in [0, 0.1) is 5.82 Å². The minimum absolute atomic E-state index is 0.121. The predicted molar refractivity (Wildman–Crippen MR) is 78.1 cm³/mol. The van der Waals surface area contributed by atoms with Crippen molar-refractivity contribution in [1.82, 2.24) is 9.88 Å². The Balaban J connectivity index is 2.53. The molecule has 1 heterocycles. The van der Waals surface area contributed by atoms with Crippen LogP contribution in [0.25, 0.3) is 10.9 Å². The Morgan fingerprint density at radius 1 is 1.48 bits per heavy atom. The zero-order valence-corrected chi connectivity index (χ0v) is 12.4. The van der Waals surface area contributed by atoms with Gasteiger partial charge in [-0.05, 0) is 12.1 Å². The Labute approximate surface area is 125 Å². The summed E-state index contributed by atoms with van der Waals surface area (Å²) < 4.78 is 38.3. The number of halogens is 2. The first-order chi connectivity index (χ1) is 9.84. The zero-order chi connectivity index (χ0) is 15.6. The number of rotatable bonds is 5. The predicted octanol–water partition coefficient (Wildman–Crippen LogP) is 2.01. The van der Waals surface area contributed by atoms with E-state index in [9.17, 15) is 17.6 Å². The van der Waals surface area contributed by atoms with Crippen LogP contribution in [0.4, 0.5) is 4.39 Å². The third-order valence-corrected chi connectivity index (χ3v) is 4.17. The average Bonchev–Trinajstić information content (AvgIpc) is 2.77. The van der Waals surface area contributed by atoms with Gasteiger partial charge in [0, 0.05) is 23.4 Å².